The molecule has 0 saturated heterocycles. The van der Waals surface area contributed by atoms with E-state index < -0.39 is 23.6 Å². The third-order valence-electron chi connectivity index (χ3n) is 3.77. The number of ether oxygens (including phenoxy) is 1. The molecule has 2 amide bonds. The molecule has 2 rings (SSSR count). The lowest BCUT2D eigenvalue weighted by Crippen LogP contribution is -2.43. The van der Waals surface area contributed by atoms with Gasteiger partial charge in [-0.2, -0.15) is 13.2 Å². The van der Waals surface area contributed by atoms with Crippen LogP contribution in [0.2, 0.25) is 0 Å². The van der Waals surface area contributed by atoms with Crippen molar-refractivity contribution in [2.45, 2.75) is 19.0 Å². The molecule has 1 heterocycles. The van der Waals surface area contributed by atoms with Gasteiger partial charge in [0, 0.05) is 25.2 Å². The topological polar surface area (TPSA) is 41.6 Å². The molecule has 0 saturated carbocycles. The molecule has 0 spiro atoms. The van der Waals surface area contributed by atoms with Gasteiger partial charge in [-0.25, -0.2) is 9.18 Å². The number of benzene rings is 1. The van der Waals surface area contributed by atoms with Crippen LogP contribution in [0.25, 0.3) is 0 Å². The summed E-state index contributed by atoms with van der Waals surface area (Å²) in [5, 5.41) is 2.63. The van der Waals surface area contributed by atoms with E-state index in [0.717, 1.165) is 6.08 Å². The van der Waals surface area contributed by atoms with Crippen LogP contribution in [0.1, 0.15) is 12.0 Å². The van der Waals surface area contributed by atoms with Crippen LogP contribution in [0.15, 0.2) is 29.8 Å². The van der Waals surface area contributed by atoms with Gasteiger partial charge in [0.2, 0.25) is 0 Å². The van der Waals surface area contributed by atoms with E-state index in [1.54, 1.807) is 6.07 Å². The van der Waals surface area contributed by atoms with Crippen LogP contribution in [0.3, 0.4) is 0 Å². The quantitative estimate of drug-likeness (QED) is 0.671. The molecule has 0 bridgehead atoms. The Bertz CT molecular complexity index is 629. The second kappa shape index (κ2) is 7.55. The van der Waals surface area contributed by atoms with Gasteiger partial charge in [-0.1, -0.05) is 12.1 Å². The van der Waals surface area contributed by atoms with Crippen molar-refractivity contribution in [3.63, 3.8) is 0 Å². The number of hydrogen-bond donors (Lipinski definition) is 1. The summed E-state index contributed by atoms with van der Waals surface area (Å²) in [6.07, 6.45) is -3.10. The third-order valence-corrected chi connectivity index (χ3v) is 3.77. The minimum absolute atomic E-state index is 0.0222. The van der Waals surface area contributed by atoms with Crippen LogP contribution in [0.5, 0.6) is 5.75 Å². The monoisotopic (exact) mass is 346 g/mol. The maximum atomic E-state index is 13.5. The highest BCUT2D eigenvalue weighted by Gasteiger charge is 2.35. The Hall–Kier alpha value is -2.25. The standard InChI is InChI=1S/C16H18F4N2O2/c1-24-14-3-2-11(10-13(14)17)4-7-21-15(23)22-8-5-12(6-9-22)16(18,19)20/h2-3,5,10H,4,6-9H2,1H3,(H,21,23). The highest BCUT2D eigenvalue weighted by Crippen LogP contribution is 2.30. The Kier molecular flexibility index (Phi) is 5.69. The molecular formula is C16H18F4N2O2. The Morgan fingerprint density at radius 2 is 2.12 bits per heavy atom. The maximum absolute atomic E-state index is 13.5. The van der Waals surface area contributed by atoms with Gasteiger partial charge in [0.1, 0.15) is 0 Å². The fourth-order valence-electron chi connectivity index (χ4n) is 2.40. The fraction of sp³-hybridized carbons (Fsp3) is 0.438. The average Bonchev–Trinajstić information content (AvgIpc) is 2.54. The lowest BCUT2D eigenvalue weighted by Gasteiger charge is -2.27. The lowest BCUT2D eigenvalue weighted by atomic mass is 10.1. The molecule has 0 atom stereocenters. The normalized spacial score (nSPS) is 15.0. The van der Waals surface area contributed by atoms with Gasteiger partial charge in [0.25, 0.3) is 0 Å². The molecule has 4 nitrogen and oxygen atoms in total. The number of amides is 2. The van der Waals surface area contributed by atoms with Crippen molar-refractivity contribution >= 4 is 6.03 Å². The number of urea groups is 1. The van der Waals surface area contributed by atoms with Crippen LogP contribution in [0, 0.1) is 5.82 Å². The molecule has 132 valence electrons. The largest absolute Gasteiger partial charge is 0.494 e. The van der Waals surface area contributed by atoms with E-state index >= 15 is 0 Å². The molecule has 1 N–H and O–H groups in total. The Labute approximate surface area is 137 Å². The predicted octanol–water partition coefficient (Wildman–Crippen LogP) is 3.28. The molecular weight excluding hydrogens is 328 g/mol. The molecule has 0 aliphatic carbocycles. The number of carbonyl (C=O) groups excluding carboxylic acids is 1. The van der Waals surface area contributed by atoms with Crippen LogP contribution in [-0.2, 0) is 6.42 Å². The average molecular weight is 346 g/mol. The highest BCUT2D eigenvalue weighted by molar-refractivity contribution is 5.74. The Balaban J connectivity index is 1.80. The zero-order valence-corrected chi connectivity index (χ0v) is 13.1. The van der Waals surface area contributed by atoms with Gasteiger partial charge in [0.15, 0.2) is 11.6 Å². The van der Waals surface area contributed by atoms with Crippen molar-refractivity contribution in [3.05, 3.63) is 41.2 Å². The number of carbonyl (C=O) groups is 1. The molecule has 0 aromatic heterocycles. The van der Waals surface area contributed by atoms with Gasteiger partial charge in [-0.05, 0) is 30.5 Å². The molecule has 1 aromatic carbocycles. The Morgan fingerprint density at radius 3 is 2.67 bits per heavy atom. The van der Waals surface area contributed by atoms with Crippen molar-refractivity contribution in [1.29, 1.82) is 0 Å². The molecule has 1 aliphatic rings. The van der Waals surface area contributed by atoms with E-state index in [1.165, 1.54) is 24.1 Å². The van der Waals surface area contributed by atoms with Crippen LogP contribution in [-0.4, -0.2) is 43.9 Å². The summed E-state index contributed by atoms with van der Waals surface area (Å²) in [7, 11) is 1.37. The minimum Gasteiger partial charge on any atom is -0.494 e. The minimum atomic E-state index is -4.33. The van der Waals surface area contributed by atoms with E-state index in [0.29, 0.717) is 12.0 Å². The number of nitrogens with zero attached hydrogens (tertiary/aromatic N) is 1. The van der Waals surface area contributed by atoms with Gasteiger partial charge in [-0.15, -0.1) is 0 Å². The highest BCUT2D eigenvalue weighted by atomic mass is 19.4. The van der Waals surface area contributed by atoms with E-state index in [2.05, 4.69) is 5.32 Å². The Morgan fingerprint density at radius 1 is 1.38 bits per heavy atom. The zero-order valence-electron chi connectivity index (χ0n) is 13.1. The SMILES string of the molecule is COc1ccc(CCNC(=O)N2CC=C(C(F)(F)F)CC2)cc1F. The van der Waals surface area contributed by atoms with Gasteiger partial charge >= 0.3 is 12.2 Å². The van der Waals surface area contributed by atoms with E-state index in [-0.39, 0.29) is 31.8 Å². The van der Waals surface area contributed by atoms with Crippen LogP contribution in [0.4, 0.5) is 22.4 Å². The first-order valence-electron chi connectivity index (χ1n) is 7.42. The summed E-state index contributed by atoms with van der Waals surface area (Å²) in [6, 6.07) is 4.08. The summed E-state index contributed by atoms with van der Waals surface area (Å²) in [5.74, 6) is -0.342. The first kappa shape index (κ1) is 18.1. The summed E-state index contributed by atoms with van der Waals surface area (Å²) in [4.78, 5) is 13.2. The van der Waals surface area contributed by atoms with Crippen molar-refractivity contribution in [2.75, 3.05) is 26.7 Å². The smallest absolute Gasteiger partial charge is 0.412 e. The van der Waals surface area contributed by atoms with Crippen molar-refractivity contribution < 1.29 is 27.1 Å². The number of nitrogens with one attached hydrogen (secondary N) is 1. The van der Waals surface area contributed by atoms with Crippen molar-refractivity contribution in [3.8, 4) is 5.75 Å². The number of rotatable bonds is 4. The van der Waals surface area contributed by atoms with Gasteiger partial charge < -0.3 is 15.0 Å². The summed E-state index contributed by atoms with van der Waals surface area (Å²) < 4.78 is 55.9. The zero-order chi connectivity index (χ0) is 17.7. The molecule has 1 aliphatic heterocycles. The van der Waals surface area contributed by atoms with Crippen LogP contribution >= 0.6 is 0 Å². The lowest BCUT2D eigenvalue weighted by molar-refractivity contribution is -0.0956. The van der Waals surface area contributed by atoms with E-state index in [9.17, 15) is 22.4 Å². The van der Waals surface area contributed by atoms with E-state index in [1.807, 2.05) is 0 Å². The predicted molar refractivity (Wildman–Crippen MR) is 80.4 cm³/mol. The van der Waals surface area contributed by atoms with Gasteiger partial charge in [-0.3, -0.25) is 0 Å². The first-order chi connectivity index (χ1) is 11.3. The number of alkyl halides is 3. The van der Waals surface area contributed by atoms with Crippen molar-refractivity contribution in [2.24, 2.45) is 0 Å². The first-order valence-corrected chi connectivity index (χ1v) is 7.42. The molecule has 0 fully saturated rings. The molecule has 1 aromatic rings. The molecule has 0 unspecified atom stereocenters. The number of hydrogen-bond acceptors (Lipinski definition) is 2. The molecule has 24 heavy (non-hydrogen) atoms. The second-order valence-electron chi connectivity index (χ2n) is 5.37. The third kappa shape index (κ3) is 4.62. The van der Waals surface area contributed by atoms with Crippen molar-refractivity contribution in [1.82, 2.24) is 10.2 Å². The van der Waals surface area contributed by atoms with Gasteiger partial charge in [0.05, 0.1) is 7.11 Å². The molecule has 0 radical (unpaired) electrons. The summed E-state index contributed by atoms with van der Waals surface area (Å²) >= 11 is 0. The van der Waals surface area contributed by atoms with E-state index in [4.69, 9.17) is 4.74 Å². The number of methoxy groups -OCH3 is 1. The second-order valence-corrected chi connectivity index (χ2v) is 5.37. The summed E-state index contributed by atoms with van der Waals surface area (Å²) in [5.41, 5.74) is 0.0896. The number of halogens is 4. The fourth-order valence-corrected chi connectivity index (χ4v) is 2.40. The summed E-state index contributed by atoms with van der Waals surface area (Å²) in [6.45, 7) is 0.211. The van der Waals surface area contributed by atoms with Crippen LogP contribution < -0.4 is 10.1 Å². The molecule has 8 heteroatoms. The maximum Gasteiger partial charge on any atom is 0.412 e.